The summed E-state index contributed by atoms with van der Waals surface area (Å²) in [4.78, 5) is 10.7. The summed E-state index contributed by atoms with van der Waals surface area (Å²) in [7, 11) is 0. The molecule has 0 spiro atoms. The van der Waals surface area contributed by atoms with E-state index < -0.39 is 35.1 Å². The Bertz CT molecular complexity index is 445. The van der Waals surface area contributed by atoms with Crippen molar-refractivity contribution in [2.45, 2.75) is 19.5 Å². The third kappa shape index (κ3) is 2.72. The zero-order chi connectivity index (χ0) is 13.2. The van der Waals surface area contributed by atoms with E-state index in [2.05, 4.69) is 4.74 Å². The van der Waals surface area contributed by atoms with Crippen molar-refractivity contribution in [1.29, 1.82) is 0 Å². The predicted octanol–water partition coefficient (Wildman–Crippen LogP) is 3.11. The van der Waals surface area contributed by atoms with E-state index in [4.69, 9.17) is 0 Å². The van der Waals surface area contributed by atoms with Gasteiger partial charge in [-0.1, -0.05) is 6.92 Å². The van der Waals surface area contributed by atoms with Gasteiger partial charge >= 0.3 is 12.1 Å². The molecule has 94 valence electrons. The molecule has 1 rings (SSSR count). The maximum absolute atomic E-state index is 13.2. The molecule has 17 heavy (non-hydrogen) atoms. The third-order valence-corrected chi connectivity index (χ3v) is 1.88. The van der Waals surface area contributed by atoms with Crippen LogP contribution >= 0.6 is 0 Å². The van der Waals surface area contributed by atoms with E-state index in [-0.39, 0.29) is 6.42 Å². The first kappa shape index (κ1) is 13.4. The van der Waals surface area contributed by atoms with E-state index in [0.717, 1.165) is 0 Å². The molecule has 0 heterocycles. The average molecular weight is 254 g/mol. The lowest BCUT2D eigenvalue weighted by Crippen LogP contribution is -2.24. The lowest BCUT2D eigenvalue weighted by molar-refractivity contribution is -0.241. The first-order valence-corrected chi connectivity index (χ1v) is 4.53. The summed E-state index contributed by atoms with van der Waals surface area (Å²) in [5.41, 5.74) is -1.53. The van der Waals surface area contributed by atoms with Crippen molar-refractivity contribution in [1.82, 2.24) is 0 Å². The largest absolute Gasteiger partial charge is 0.431 e. The highest BCUT2D eigenvalue weighted by Crippen LogP contribution is 2.33. The van der Waals surface area contributed by atoms with E-state index in [0.29, 0.717) is 12.1 Å². The summed E-state index contributed by atoms with van der Waals surface area (Å²) in [5.74, 6) is -7.03. The second-order valence-electron chi connectivity index (χ2n) is 3.07. The van der Waals surface area contributed by atoms with Crippen molar-refractivity contribution in [3.05, 3.63) is 35.1 Å². The van der Waals surface area contributed by atoms with Crippen LogP contribution in [0.2, 0.25) is 0 Å². The number of carbonyl (C=O) groups is 1. The van der Waals surface area contributed by atoms with Crippen LogP contribution in [0.1, 0.15) is 18.9 Å². The van der Waals surface area contributed by atoms with Crippen molar-refractivity contribution >= 4 is 5.97 Å². The number of hydrogen-bond donors (Lipinski definition) is 0. The molecule has 0 aliphatic heterocycles. The summed E-state index contributed by atoms with van der Waals surface area (Å²) in [5, 5.41) is 0. The maximum atomic E-state index is 13.2. The quantitative estimate of drug-likeness (QED) is 0.470. The summed E-state index contributed by atoms with van der Waals surface area (Å²) < 4.78 is 68.3. The van der Waals surface area contributed by atoms with Gasteiger partial charge in [-0.15, -0.1) is 0 Å². The Hall–Kier alpha value is -1.66. The molecule has 0 aliphatic carbocycles. The number of carbonyl (C=O) groups excluding carboxylic acids is 1. The van der Waals surface area contributed by atoms with Crippen molar-refractivity contribution in [3.63, 3.8) is 0 Å². The van der Waals surface area contributed by atoms with Crippen LogP contribution in [0.3, 0.4) is 0 Å². The lowest BCUT2D eigenvalue weighted by Gasteiger charge is -2.17. The van der Waals surface area contributed by atoms with Crippen LogP contribution in [0.25, 0.3) is 0 Å². The molecule has 0 saturated carbocycles. The molecular formula is C10H7F5O2. The summed E-state index contributed by atoms with van der Waals surface area (Å²) in [6.07, 6.45) is -4.70. The minimum Gasteiger partial charge on any atom is -0.397 e. The zero-order valence-corrected chi connectivity index (χ0v) is 8.57. The van der Waals surface area contributed by atoms with Gasteiger partial charge in [-0.25, -0.2) is 13.2 Å². The minimum atomic E-state index is -4.34. The number of hydrogen-bond acceptors (Lipinski definition) is 2. The fraction of sp³-hybridized carbons (Fsp3) is 0.300. The van der Waals surface area contributed by atoms with Crippen LogP contribution in [-0.4, -0.2) is 5.97 Å². The van der Waals surface area contributed by atoms with Crippen LogP contribution in [0.4, 0.5) is 22.0 Å². The summed E-state index contributed by atoms with van der Waals surface area (Å²) >= 11 is 0. The van der Waals surface area contributed by atoms with Gasteiger partial charge in [0, 0.05) is 6.42 Å². The van der Waals surface area contributed by atoms with Gasteiger partial charge in [0.15, 0.2) is 17.5 Å². The molecule has 0 amide bonds. The van der Waals surface area contributed by atoms with Gasteiger partial charge in [-0.3, -0.25) is 4.79 Å². The smallest absolute Gasteiger partial charge is 0.397 e. The Morgan fingerprint density at radius 2 is 1.82 bits per heavy atom. The monoisotopic (exact) mass is 254 g/mol. The molecule has 0 saturated heterocycles. The molecule has 0 aromatic heterocycles. The molecule has 0 aliphatic rings. The number of ether oxygens (including phenoxy) is 1. The molecule has 2 nitrogen and oxygen atoms in total. The fourth-order valence-corrected chi connectivity index (χ4v) is 1.02. The Kier molecular flexibility index (Phi) is 3.69. The Labute approximate surface area is 93.0 Å². The topological polar surface area (TPSA) is 26.3 Å². The van der Waals surface area contributed by atoms with Crippen LogP contribution in [0, 0.1) is 17.5 Å². The van der Waals surface area contributed by atoms with E-state index in [1.165, 1.54) is 6.92 Å². The Balaban J connectivity index is 3.15. The summed E-state index contributed by atoms with van der Waals surface area (Å²) in [6.45, 7) is 1.25. The minimum absolute atomic E-state index is 0.316. The van der Waals surface area contributed by atoms with Gasteiger partial charge in [0.05, 0.1) is 0 Å². The van der Waals surface area contributed by atoms with Gasteiger partial charge in [0.25, 0.3) is 0 Å². The van der Waals surface area contributed by atoms with Crippen molar-refractivity contribution in [3.8, 4) is 0 Å². The molecule has 0 atom stereocenters. The van der Waals surface area contributed by atoms with E-state index in [1.807, 2.05) is 0 Å². The lowest BCUT2D eigenvalue weighted by atomic mass is 10.2. The fourth-order valence-electron chi connectivity index (χ4n) is 1.02. The van der Waals surface area contributed by atoms with Crippen molar-refractivity contribution in [2.75, 3.05) is 0 Å². The van der Waals surface area contributed by atoms with E-state index >= 15 is 0 Å². The molecule has 1 aromatic rings. The van der Waals surface area contributed by atoms with Gasteiger partial charge in [0.1, 0.15) is 5.56 Å². The van der Waals surface area contributed by atoms with Gasteiger partial charge in [-0.2, -0.15) is 8.78 Å². The molecule has 1 aromatic carbocycles. The van der Waals surface area contributed by atoms with E-state index in [1.54, 1.807) is 0 Å². The zero-order valence-electron chi connectivity index (χ0n) is 8.57. The third-order valence-electron chi connectivity index (χ3n) is 1.88. The number of benzene rings is 1. The SMILES string of the molecule is CCC(=O)OC(F)(F)c1ccc(F)c(F)c1F. The molecule has 0 unspecified atom stereocenters. The Morgan fingerprint density at radius 1 is 1.24 bits per heavy atom. The predicted molar refractivity (Wildman–Crippen MR) is 46.6 cm³/mol. The highest BCUT2D eigenvalue weighted by atomic mass is 19.3. The van der Waals surface area contributed by atoms with Gasteiger partial charge < -0.3 is 4.74 Å². The Morgan fingerprint density at radius 3 is 2.35 bits per heavy atom. The average Bonchev–Trinajstić information content (AvgIpc) is 2.24. The highest BCUT2D eigenvalue weighted by molar-refractivity contribution is 5.69. The molecular weight excluding hydrogens is 247 g/mol. The molecule has 0 radical (unpaired) electrons. The van der Waals surface area contributed by atoms with Crippen LogP contribution < -0.4 is 0 Å². The van der Waals surface area contributed by atoms with E-state index in [9.17, 15) is 26.7 Å². The number of esters is 1. The normalized spacial score (nSPS) is 11.4. The van der Waals surface area contributed by atoms with Crippen LogP contribution in [0.5, 0.6) is 0 Å². The van der Waals surface area contributed by atoms with Crippen LogP contribution in [-0.2, 0) is 15.6 Å². The van der Waals surface area contributed by atoms with Crippen molar-refractivity contribution in [2.24, 2.45) is 0 Å². The van der Waals surface area contributed by atoms with Crippen molar-refractivity contribution < 1.29 is 31.5 Å². The first-order valence-electron chi connectivity index (χ1n) is 4.53. The number of halogens is 5. The second kappa shape index (κ2) is 4.68. The molecule has 0 N–H and O–H groups in total. The van der Waals surface area contributed by atoms with Gasteiger partial charge in [-0.05, 0) is 12.1 Å². The molecule has 0 bridgehead atoms. The first-order chi connectivity index (χ1) is 7.79. The summed E-state index contributed by atoms with van der Waals surface area (Å²) in [6, 6.07) is 0.637. The standard InChI is InChI=1S/C10H7F5O2/c1-2-7(16)17-10(14,15)5-3-4-6(11)9(13)8(5)12/h3-4H,2H2,1H3. The second-order valence-corrected chi connectivity index (χ2v) is 3.07. The maximum Gasteiger partial charge on any atom is 0.431 e. The number of rotatable bonds is 3. The molecule has 7 heteroatoms. The molecule has 0 fully saturated rings. The number of alkyl halides is 2. The highest BCUT2D eigenvalue weighted by Gasteiger charge is 2.40. The van der Waals surface area contributed by atoms with Crippen LogP contribution in [0.15, 0.2) is 12.1 Å². The van der Waals surface area contributed by atoms with Gasteiger partial charge in [0.2, 0.25) is 0 Å².